The first kappa shape index (κ1) is 10.6. The van der Waals surface area contributed by atoms with E-state index < -0.39 is 0 Å². The molecule has 0 aromatic rings. The number of aliphatic hydroxyl groups excluding tert-OH is 1. The van der Waals surface area contributed by atoms with E-state index in [0.717, 1.165) is 0 Å². The Morgan fingerprint density at radius 3 is 2.81 bits per heavy atom. The molecule has 3 nitrogen and oxygen atoms in total. The van der Waals surface area contributed by atoms with Crippen LogP contribution in [-0.4, -0.2) is 36.6 Å². The first-order valence-electron chi connectivity index (χ1n) is 6.15. The largest absolute Gasteiger partial charge is 0.394 e. The normalized spacial score (nSPS) is 43.2. The standard InChI is InChI=1S/C13H18O3/c1-2-7-15-11-9(8-14)16-12-10(11)13(12)5-3-4-6-13/h1,9-12,14H,3-8H2/t9-,10?,11+,12-/m1/s1. The van der Waals surface area contributed by atoms with Crippen LogP contribution in [0.15, 0.2) is 0 Å². The van der Waals surface area contributed by atoms with E-state index in [1.165, 1.54) is 25.7 Å². The van der Waals surface area contributed by atoms with Crippen LogP contribution in [0.5, 0.6) is 0 Å². The lowest BCUT2D eigenvalue weighted by atomic mass is 9.96. The summed E-state index contributed by atoms with van der Waals surface area (Å²) in [4.78, 5) is 0. The second-order valence-electron chi connectivity index (χ2n) is 5.22. The molecule has 1 spiro atoms. The van der Waals surface area contributed by atoms with Crippen molar-refractivity contribution < 1.29 is 14.6 Å². The summed E-state index contributed by atoms with van der Waals surface area (Å²) in [5, 5.41) is 9.25. The van der Waals surface area contributed by atoms with E-state index in [0.29, 0.717) is 24.0 Å². The van der Waals surface area contributed by atoms with Crippen LogP contribution in [0.3, 0.4) is 0 Å². The van der Waals surface area contributed by atoms with Crippen molar-refractivity contribution in [3.63, 3.8) is 0 Å². The zero-order chi connectivity index (χ0) is 11.2. The van der Waals surface area contributed by atoms with Crippen molar-refractivity contribution in [1.29, 1.82) is 0 Å². The fraction of sp³-hybridized carbons (Fsp3) is 0.846. The second-order valence-corrected chi connectivity index (χ2v) is 5.22. The van der Waals surface area contributed by atoms with Gasteiger partial charge in [-0.2, -0.15) is 0 Å². The van der Waals surface area contributed by atoms with Crippen molar-refractivity contribution in [2.75, 3.05) is 13.2 Å². The van der Waals surface area contributed by atoms with Gasteiger partial charge in [-0.3, -0.25) is 0 Å². The Morgan fingerprint density at radius 2 is 2.19 bits per heavy atom. The molecule has 3 rings (SSSR count). The van der Waals surface area contributed by atoms with E-state index in [4.69, 9.17) is 15.9 Å². The third-order valence-corrected chi connectivity index (χ3v) is 4.56. The van der Waals surface area contributed by atoms with Crippen LogP contribution < -0.4 is 0 Å². The Hall–Kier alpha value is -0.560. The van der Waals surface area contributed by atoms with Gasteiger partial charge in [0.25, 0.3) is 0 Å². The Balaban J connectivity index is 1.71. The smallest absolute Gasteiger partial charge is 0.107 e. The number of terminal acetylenes is 1. The van der Waals surface area contributed by atoms with Crippen LogP contribution >= 0.6 is 0 Å². The highest BCUT2D eigenvalue weighted by Crippen LogP contribution is 2.69. The maximum Gasteiger partial charge on any atom is 0.107 e. The van der Waals surface area contributed by atoms with Gasteiger partial charge < -0.3 is 14.6 Å². The Labute approximate surface area is 96.1 Å². The van der Waals surface area contributed by atoms with Gasteiger partial charge >= 0.3 is 0 Å². The summed E-state index contributed by atoms with van der Waals surface area (Å²) in [5.74, 6) is 2.98. The van der Waals surface area contributed by atoms with Gasteiger partial charge in [-0.25, -0.2) is 0 Å². The van der Waals surface area contributed by atoms with E-state index in [1.54, 1.807) is 0 Å². The molecule has 0 aromatic carbocycles. The average Bonchev–Trinajstić information content (AvgIpc) is 2.70. The van der Waals surface area contributed by atoms with Crippen LogP contribution in [0.1, 0.15) is 25.7 Å². The van der Waals surface area contributed by atoms with E-state index in [1.807, 2.05) is 0 Å². The molecule has 0 radical (unpaired) electrons. The maximum absolute atomic E-state index is 9.25. The van der Waals surface area contributed by atoms with Gasteiger partial charge in [-0.1, -0.05) is 18.8 Å². The average molecular weight is 222 g/mol. The third kappa shape index (κ3) is 1.27. The lowest BCUT2D eigenvalue weighted by molar-refractivity contribution is -0.0755. The monoisotopic (exact) mass is 222 g/mol. The Bertz CT molecular complexity index is 314. The molecule has 0 bridgehead atoms. The van der Waals surface area contributed by atoms with E-state index in [9.17, 15) is 5.11 Å². The molecule has 3 aliphatic rings. The fourth-order valence-electron chi connectivity index (χ4n) is 3.85. The van der Waals surface area contributed by atoms with Gasteiger partial charge in [-0.15, -0.1) is 6.42 Å². The van der Waals surface area contributed by atoms with Crippen molar-refractivity contribution in [2.45, 2.75) is 44.0 Å². The molecular weight excluding hydrogens is 204 g/mol. The first-order valence-corrected chi connectivity index (χ1v) is 6.15. The second kappa shape index (κ2) is 3.73. The van der Waals surface area contributed by atoms with Crippen LogP contribution in [0.4, 0.5) is 0 Å². The van der Waals surface area contributed by atoms with Crippen LogP contribution in [0.25, 0.3) is 0 Å². The highest BCUT2D eigenvalue weighted by molar-refractivity contribution is 5.21. The quantitative estimate of drug-likeness (QED) is 0.723. The number of hydrogen-bond acceptors (Lipinski definition) is 3. The molecule has 0 amide bonds. The van der Waals surface area contributed by atoms with Crippen LogP contribution in [-0.2, 0) is 9.47 Å². The van der Waals surface area contributed by atoms with Gasteiger partial charge in [0.05, 0.1) is 18.8 Å². The van der Waals surface area contributed by atoms with Gasteiger partial charge in [0, 0.05) is 11.3 Å². The minimum absolute atomic E-state index is 0.0177. The topological polar surface area (TPSA) is 38.7 Å². The first-order chi connectivity index (χ1) is 7.83. The zero-order valence-corrected chi connectivity index (χ0v) is 9.39. The third-order valence-electron chi connectivity index (χ3n) is 4.56. The van der Waals surface area contributed by atoms with Crippen LogP contribution in [0.2, 0.25) is 0 Å². The van der Waals surface area contributed by atoms with Gasteiger partial charge in [-0.05, 0) is 12.8 Å². The summed E-state index contributed by atoms with van der Waals surface area (Å²) >= 11 is 0. The molecule has 1 N–H and O–H groups in total. The molecule has 3 fully saturated rings. The van der Waals surface area contributed by atoms with Crippen molar-refractivity contribution in [2.24, 2.45) is 11.3 Å². The predicted octanol–water partition coefficient (Wildman–Crippen LogP) is 0.955. The lowest BCUT2D eigenvalue weighted by Gasteiger charge is -2.25. The minimum atomic E-state index is -0.158. The summed E-state index contributed by atoms with van der Waals surface area (Å²) in [6.45, 7) is 0.363. The molecule has 16 heavy (non-hydrogen) atoms. The number of ether oxygens (including phenoxy) is 2. The summed E-state index contributed by atoms with van der Waals surface area (Å²) < 4.78 is 11.6. The number of hydrogen-bond donors (Lipinski definition) is 1. The molecule has 2 aliphatic carbocycles. The highest BCUT2D eigenvalue weighted by atomic mass is 16.6. The molecule has 88 valence electrons. The number of fused-ring (bicyclic) bond motifs is 3. The molecular formula is C13H18O3. The maximum atomic E-state index is 9.25. The van der Waals surface area contributed by atoms with E-state index in [2.05, 4.69) is 5.92 Å². The number of rotatable bonds is 3. The van der Waals surface area contributed by atoms with Gasteiger partial charge in [0.15, 0.2) is 0 Å². The van der Waals surface area contributed by atoms with E-state index >= 15 is 0 Å². The minimum Gasteiger partial charge on any atom is -0.394 e. The predicted molar refractivity (Wildman–Crippen MR) is 58.7 cm³/mol. The summed E-state index contributed by atoms with van der Waals surface area (Å²) in [5.41, 5.74) is 0.380. The molecule has 1 unspecified atom stereocenters. The summed E-state index contributed by atoms with van der Waals surface area (Å²) in [6, 6.07) is 0. The van der Waals surface area contributed by atoms with Gasteiger partial charge in [0.1, 0.15) is 12.7 Å². The van der Waals surface area contributed by atoms with Crippen molar-refractivity contribution >= 4 is 0 Å². The molecule has 4 atom stereocenters. The highest BCUT2D eigenvalue weighted by Gasteiger charge is 2.74. The molecule has 3 heteroatoms. The molecule has 1 heterocycles. The zero-order valence-electron chi connectivity index (χ0n) is 9.39. The number of aliphatic hydroxyl groups is 1. The van der Waals surface area contributed by atoms with E-state index in [-0.39, 0.29) is 18.8 Å². The molecule has 0 aromatic heterocycles. The SMILES string of the molecule is C#CCO[C@@H]1C2[C@@H](O[C@@H]1CO)C21CCCC1. The molecule has 1 saturated heterocycles. The van der Waals surface area contributed by atoms with Crippen molar-refractivity contribution in [3.05, 3.63) is 0 Å². The Kier molecular flexibility index (Phi) is 2.47. The van der Waals surface area contributed by atoms with Crippen LogP contribution in [0, 0.1) is 23.7 Å². The fourth-order valence-corrected chi connectivity index (χ4v) is 3.85. The lowest BCUT2D eigenvalue weighted by Crippen LogP contribution is -2.35. The molecule has 2 saturated carbocycles. The molecule has 1 aliphatic heterocycles. The summed E-state index contributed by atoms with van der Waals surface area (Å²) in [6.07, 6.45) is 10.5. The van der Waals surface area contributed by atoms with Crippen molar-refractivity contribution in [1.82, 2.24) is 0 Å². The Morgan fingerprint density at radius 1 is 1.44 bits per heavy atom. The van der Waals surface area contributed by atoms with Gasteiger partial charge in [0.2, 0.25) is 0 Å². The summed E-state index contributed by atoms with van der Waals surface area (Å²) in [7, 11) is 0. The van der Waals surface area contributed by atoms with Crippen molar-refractivity contribution in [3.8, 4) is 12.3 Å².